The first-order valence-electron chi connectivity index (χ1n) is 6.00. The molecule has 3 aromatic rings. The molecule has 0 amide bonds. The Morgan fingerprint density at radius 3 is 3.06 bits per heavy atom. The maximum atomic E-state index is 4.40. The zero-order chi connectivity index (χ0) is 12.4. The first kappa shape index (κ1) is 11.4. The summed E-state index contributed by atoms with van der Waals surface area (Å²) in [4.78, 5) is 1.39. The Labute approximate surface area is 110 Å². The number of thiophene rings is 1. The molecule has 0 radical (unpaired) electrons. The minimum atomic E-state index is 0.309. The van der Waals surface area contributed by atoms with Gasteiger partial charge in [0.25, 0.3) is 0 Å². The minimum absolute atomic E-state index is 0.309. The molecule has 0 aliphatic heterocycles. The number of pyridine rings is 1. The van der Waals surface area contributed by atoms with Crippen LogP contribution in [0.5, 0.6) is 0 Å². The molecule has 1 unspecified atom stereocenters. The largest absolute Gasteiger partial charge is 0.313 e. The molecule has 0 fully saturated rings. The molecule has 92 valence electrons. The second-order valence-corrected chi connectivity index (χ2v) is 5.29. The van der Waals surface area contributed by atoms with Crippen LogP contribution >= 0.6 is 11.3 Å². The lowest BCUT2D eigenvalue weighted by atomic mass is 10.0. The van der Waals surface area contributed by atoms with Gasteiger partial charge in [-0.2, -0.15) is 5.10 Å². The maximum absolute atomic E-state index is 4.40. The van der Waals surface area contributed by atoms with Crippen LogP contribution in [-0.2, 0) is 6.42 Å². The molecule has 0 saturated carbocycles. The SMILES string of the molecule is CNC(Cc1cccs1)c1cnn2ccccc12. The molecular formula is C14H15N3S. The van der Waals surface area contributed by atoms with Crippen LogP contribution in [0.3, 0.4) is 0 Å². The van der Waals surface area contributed by atoms with Gasteiger partial charge < -0.3 is 5.32 Å². The van der Waals surface area contributed by atoms with E-state index >= 15 is 0 Å². The van der Waals surface area contributed by atoms with Crippen molar-refractivity contribution < 1.29 is 0 Å². The fraction of sp³-hybridized carbons (Fsp3) is 0.214. The van der Waals surface area contributed by atoms with Gasteiger partial charge in [0.1, 0.15) is 0 Å². The van der Waals surface area contributed by atoms with Gasteiger partial charge >= 0.3 is 0 Å². The van der Waals surface area contributed by atoms with Crippen molar-refractivity contribution in [1.29, 1.82) is 0 Å². The number of rotatable bonds is 4. The number of hydrogen-bond donors (Lipinski definition) is 1. The van der Waals surface area contributed by atoms with Gasteiger partial charge in [0.05, 0.1) is 11.7 Å². The molecule has 0 aromatic carbocycles. The van der Waals surface area contributed by atoms with Crippen molar-refractivity contribution in [3.8, 4) is 0 Å². The molecular weight excluding hydrogens is 242 g/mol. The first-order chi connectivity index (χ1) is 8.88. The van der Waals surface area contributed by atoms with E-state index in [9.17, 15) is 0 Å². The molecule has 0 aliphatic rings. The Hall–Kier alpha value is -1.65. The first-order valence-corrected chi connectivity index (χ1v) is 6.88. The van der Waals surface area contributed by atoms with E-state index in [0.717, 1.165) is 6.42 Å². The quantitative estimate of drug-likeness (QED) is 0.778. The van der Waals surface area contributed by atoms with Crippen molar-refractivity contribution in [1.82, 2.24) is 14.9 Å². The summed E-state index contributed by atoms with van der Waals surface area (Å²) in [6.07, 6.45) is 4.95. The Kier molecular flexibility index (Phi) is 3.13. The van der Waals surface area contributed by atoms with Gasteiger partial charge in [-0.3, -0.25) is 0 Å². The average molecular weight is 257 g/mol. The summed E-state index contributed by atoms with van der Waals surface area (Å²) < 4.78 is 1.92. The topological polar surface area (TPSA) is 29.3 Å². The molecule has 0 saturated heterocycles. The second-order valence-electron chi connectivity index (χ2n) is 4.26. The molecule has 3 aromatic heterocycles. The number of nitrogens with one attached hydrogen (secondary N) is 1. The van der Waals surface area contributed by atoms with Crippen LogP contribution in [0, 0.1) is 0 Å². The van der Waals surface area contributed by atoms with E-state index in [2.05, 4.69) is 40.1 Å². The standard InChI is InChI=1S/C14H15N3S/c1-15-13(9-11-5-4-8-18-11)12-10-16-17-7-3-2-6-14(12)17/h2-8,10,13,15H,9H2,1H3. The van der Waals surface area contributed by atoms with Gasteiger partial charge in [-0.1, -0.05) is 12.1 Å². The monoisotopic (exact) mass is 257 g/mol. The molecule has 3 rings (SSSR count). The summed E-state index contributed by atoms with van der Waals surface area (Å²) in [6.45, 7) is 0. The van der Waals surface area contributed by atoms with E-state index in [0.29, 0.717) is 6.04 Å². The van der Waals surface area contributed by atoms with Crippen LogP contribution in [0.25, 0.3) is 5.52 Å². The van der Waals surface area contributed by atoms with E-state index < -0.39 is 0 Å². The summed E-state index contributed by atoms with van der Waals surface area (Å²) in [5.41, 5.74) is 2.43. The van der Waals surface area contributed by atoms with Gasteiger partial charge in [-0.25, -0.2) is 4.52 Å². The highest BCUT2D eigenvalue weighted by molar-refractivity contribution is 7.09. The van der Waals surface area contributed by atoms with Crippen LogP contribution in [0.1, 0.15) is 16.5 Å². The molecule has 0 aliphatic carbocycles. The Balaban J connectivity index is 1.96. The van der Waals surface area contributed by atoms with E-state index in [4.69, 9.17) is 0 Å². The van der Waals surface area contributed by atoms with Crippen molar-refractivity contribution >= 4 is 16.9 Å². The predicted molar refractivity (Wildman–Crippen MR) is 75.0 cm³/mol. The van der Waals surface area contributed by atoms with E-state index in [1.807, 2.05) is 30.0 Å². The summed E-state index contributed by atoms with van der Waals surface area (Å²) in [6, 6.07) is 10.8. The lowest BCUT2D eigenvalue weighted by Crippen LogP contribution is -2.18. The fourth-order valence-corrected chi connectivity index (χ4v) is 2.97. The van der Waals surface area contributed by atoms with E-state index in [1.165, 1.54) is 16.0 Å². The summed E-state index contributed by atoms with van der Waals surface area (Å²) >= 11 is 1.80. The van der Waals surface area contributed by atoms with Crippen molar-refractivity contribution in [2.24, 2.45) is 0 Å². The third-order valence-corrected chi connectivity index (χ3v) is 4.06. The average Bonchev–Trinajstić information content (AvgIpc) is 3.05. The van der Waals surface area contributed by atoms with E-state index in [1.54, 1.807) is 11.3 Å². The van der Waals surface area contributed by atoms with Crippen molar-refractivity contribution in [2.75, 3.05) is 7.05 Å². The van der Waals surface area contributed by atoms with Gasteiger partial charge in [-0.05, 0) is 30.6 Å². The Morgan fingerprint density at radius 1 is 1.33 bits per heavy atom. The number of likely N-dealkylation sites (N-methyl/N-ethyl adjacent to an activating group) is 1. The highest BCUT2D eigenvalue weighted by atomic mass is 32.1. The molecule has 18 heavy (non-hydrogen) atoms. The third kappa shape index (κ3) is 2.05. The zero-order valence-corrected chi connectivity index (χ0v) is 11.0. The fourth-order valence-electron chi connectivity index (χ4n) is 2.22. The van der Waals surface area contributed by atoms with Gasteiger partial charge in [0.15, 0.2) is 0 Å². The molecule has 1 N–H and O–H groups in total. The maximum Gasteiger partial charge on any atom is 0.0709 e. The minimum Gasteiger partial charge on any atom is -0.313 e. The number of nitrogens with zero attached hydrogens (tertiary/aromatic N) is 2. The Bertz CT molecular complexity index is 627. The molecule has 0 spiro atoms. The summed E-state index contributed by atoms with van der Waals surface area (Å²) in [7, 11) is 2.00. The van der Waals surface area contributed by atoms with Gasteiger partial charge in [0, 0.05) is 29.1 Å². The Morgan fingerprint density at radius 2 is 2.28 bits per heavy atom. The smallest absolute Gasteiger partial charge is 0.0709 e. The summed E-state index contributed by atoms with van der Waals surface area (Å²) in [5, 5.41) is 9.91. The predicted octanol–water partition coefficient (Wildman–Crippen LogP) is 2.90. The number of hydrogen-bond acceptors (Lipinski definition) is 3. The van der Waals surface area contributed by atoms with Crippen LogP contribution in [0.4, 0.5) is 0 Å². The third-order valence-electron chi connectivity index (χ3n) is 3.17. The highest BCUT2D eigenvalue weighted by Gasteiger charge is 2.15. The molecule has 0 bridgehead atoms. The highest BCUT2D eigenvalue weighted by Crippen LogP contribution is 2.24. The lowest BCUT2D eigenvalue weighted by molar-refractivity contribution is 0.600. The lowest BCUT2D eigenvalue weighted by Gasteiger charge is -2.14. The van der Waals surface area contributed by atoms with Crippen LogP contribution in [0.15, 0.2) is 48.1 Å². The summed E-state index contributed by atoms with van der Waals surface area (Å²) in [5.74, 6) is 0. The molecule has 3 heterocycles. The second kappa shape index (κ2) is 4.92. The number of aromatic nitrogens is 2. The molecule has 1 atom stereocenters. The molecule has 4 heteroatoms. The number of fused-ring (bicyclic) bond motifs is 1. The van der Waals surface area contributed by atoms with Crippen LogP contribution < -0.4 is 5.32 Å². The van der Waals surface area contributed by atoms with Gasteiger partial charge in [-0.15, -0.1) is 11.3 Å². The van der Waals surface area contributed by atoms with Crippen molar-refractivity contribution in [3.63, 3.8) is 0 Å². The van der Waals surface area contributed by atoms with Crippen LogP contribution in [0.2, 0.25) is 0 Å². The zero-order valence-electron chi connectivity index (χ0n) is 10.2. The van der Waals surface area contributed by atoms with Crippen molar-refractivity contribution in [2.45, 2.75) is 12.5 Å². The van der Waals surface area contributed by atoms with E-state index in [-0.39, 0.29) is 0 Å². The molecule has 3 nitrogen and oxygen atoms in total. The van der Waals surface area contributed by atoms with Crippen LogP contribution in [-0.4, -0.2) is 16.7 Å². The van der Waals surface area contributed by atoms with Gasteiger partial charge in [0.2, 0.25) is 0 Å². The normalized spacial score (nSPS) is 12.9. The van der Waals surface area contributed by atoms with Crippen molar-refractivity contribution in [3.05, 3.63) is 58.5 Å².